The van der Waals surface area contributed by atoms with Crippen LogP contribution in [0.2, 0.25) is 0 Å². The second kappa shape index (κ2) is 7.77. The smallest absolute Gasteiger partial charge is 0.0175 e. The summed E-state index contributed by atoms with van der Waals surface area (Å²) in [4.78, 5) is 0. The van der Waals surface area contributed by atoms with E-state index in [1.54, 1.807) is 0 Å². The van der Waals surface area contributed by atoms with Crippen molar-refractivity contribution in [3.63, 3.8) is 0 Å². The third-order valence-electron chi connectivity index (χ3n) is 5.42. The molecule has 0 aliphatic rings. The molecular formula is C27H23Br. The first kappa shape index (κ1) is 18.7. The van der Waals surface area contributed by atoms with Crippen molar-refractivity contribution in [3.8, 4) is 22.3 Å². The van der Waals surface area contributed by atoms with E-state index in [2.05, 4.69) is 133 Å². The number of hydrogen-bond donors (Lipinski definition) is 0. The lowest BCUT2D eigenvalue weighted by molar-refractivity contribution is 0.644. The molecule has 0 aromatic heterocycles. The lowest BCUT2D eigenvalue weighted by atomic mass is 9.72. The average molecular weight is 427 g/mol. The standard InChI is InChI=1S/C27H23Br/c1-27(2,22-16-18-23(28)19-17-22)26-24(20-10-5-3-6-11-20)14-9-15-25(26)21-12-7-4-8-13-21/h3-19H,1-2H3. The summed E-state index contributed by atoms with van der Waals surface area (Å²) >= 11 is 3.57. The molecular weight excluding hydrogens is 404 g/mol. The summed E-state index contributed by atoms with van der Waals surface area (Å²) in [5, 5.41) is 0. The van der Waals surface area contributed by atoms with Crippen LogP contribution in [0.25, 0.3) is 22.3 Å². The van der Waals surface area contributed by atoms with Crippen LogP contribution >= 0.6 is 15.9 Å². The SMILES string of the molecule is CC(C)(c1ccc(Br)cc1)c1c(-c2ccccc2)cccc1-c1ccccc1. The molecule has 0 amide bonds. The molecule has 0 N–H and O–H groups in total. The predicted octanol–water partition coefficient (Wildman–Crippen LogP) is 8.11. The topological polar surface area (TPSA) is 0 Å². The van der Waals surface area contributed by atoms with Crippen LogP contribution < -0.4 is 0 Å². The van der Waals surface area contributed by atoms with Crippen LogP contribution in [0.4, 0.5) is 0 Å². The molecule has 0 heterocycles. The summed E-state index contributed by atoms with van der Waals surface area (Å²) in [6.45, 7) is 4.65. The normalized spacial score (nSPS) is 11.4. The summed E-state index contributed by atoms with van der Waals surface area (Å²) in [6.07, 6.45) is 0. The van der Waals surface area contributed by atoms with Gasteiger partial charge in [0.25, 0.3) is 0 Å². The van der Waals surface area contributed by atoms with Crippen LogP contribution in [0.5, 0.6) is 0 Å². The van der Waals surface area contributed by atoms with Gasteiger partial charge in [0, 0.05) is 9.89 Å². The summed E-state index contributed by atoms with van der Waals surface area (Å²) in [5.74, 6) is 0. The highest BCUT2D eigenvalue weighted by atomic mass is 79.9. The number of hydrogen-bond acceptors (Lipinski definition) is 0. The van der Waals surface area contributed by atoms with E-state index in [0.29, 0.717) is 0 Å². The molecule has 4 rings (SSSR count). The zero-order valence-corrected chi connectivity index (χ0v) is 17.8. The zero-order chi connectivity index (χ0) is 19.6. The highest BCUT2D eigenvalue weighted by Gasteiger charge is 2.29. The first-order valence-electron chi connectivity index (χ1n) is 9.58. The third kappa shape index (κ3) is 3.55. The van der Waals surface area contributed by atoms with Gasteiger partial charge in [0.15, 0.2) is 0 Å². The molecule has 0 bridgehead atoms. The highest BCUT2D eigenvalue weighted by Crippen LogP contribution is 2.43. The van der Waals surface area contributed by atoms with Crippen LogP contribution in [0.3, 0.4) is 0 Å². The Bertz CT molecular complexity index is 1000. The molecule has 0 unspecified atom stereocenters. The molecule has 0 aliphatic carbocycles. The summed E-state index contributed by atoms with van der Waals surface area (Å²) < 4.78 is 1.10. The van der Waals surface area contributed by atoms with Gasteiger partial charge in [-0.25, -0.2) is 0 Å². The van der Waals surface area contributed by atoms with Crippen molar-refractivity contribution in [1.82, 2.24) is 0 Å². The molecule has 0 aliphatic heterocycles. The van der Waals surface area contributed by atoms with Crippen molar-refractivity contribution in [3.05, 3.63) is 119 Å². The molecule has 4 aromatic rings. The van der Waals surface area contributed by atoms with Gasteiger partial charge in [-0.1, -0.05) is 121 Å². The quantitative estimate of drug-likeness (QED) is 0.309. The second-order valence-electron chi connectivity index (χ2n) is 7.59. The van der Waals surface area contributed by atoms with Crippen LogP contribution in [-0.4, -0.2) is 0 Å². The van der Waals surface area contributed by atoms with Gasteiger partial charge in [-0.2, -0.15) is 0 Å². The van der Waals surface area contributed by atoms with Gasteiger partial charge in [0.05, 0.1) is 0 Å². The minimum Gasteiger partial charge on any atom is -0.0622 e. The van der Waals surface area contributed by atoms with E-state index in [1.165, 1.54) is 33.4 Å². The Hall–Kier alpha value is -2.64. The Labute approximate surface area is 176 Å². The molecule has 1 heteroatoms. The molecule has 0 radical (unpaired) electrons. The van der Waals surface area contributed by atoms with Gasteiger partial charge < -0.3 is 0 Å². The van der Waals surface area contributed by atoms with E-state index in [4.69, 9.17) is 0 Å². The van der Waals surface area contributed by atoms with Crippen molar-refractivity contribution in [2.45, 2.75) is 19.3 Å². The van der Waals surface area contributed by atoms with Gasteiger partial charge in [0.1, 0.15) is 0 Å². The zero-order valence-electron chi connectivity index (χ0n) is 16.2. The lowest BCUT2D eigenvalue weighted by Crippen LogP contribution is -2.21. The molecule has 0 saturated heterocycles. The summed E-state index contributed by atoms with van der Waals surface area (Å²) in [6, 6.07) is 36.8. The predicted molar refractivity (Wildman–Crippen MR) is 124 cm³/mol. The fourth-order valence-electron chi connectivity index (χ4n) is 3.95. The maximum absolute atomic E-state index is 3.57. The van der Waals surface area contributed by atoms with E-state index < -0.39 is 0 Å². The average Bonchev–Trinajstić information content (AvgIpc) is 2.75. The minimum atomic E-state index is -0.154. The van der Waals surface area contributed by atoms with Crippen molar-refractivity contribution in [2.24, 2.45) is 0 Å². The Kier molecular flexibility index (Phi) is 5.19. The van der Waals surface area contributed by atoms with Crippen molar-refractivity contribution in [2.75, 3.05) is 0 Å². The Morgan fingerprint density at radius 2 is 1.00 bits per heavy atom. The van der Waals surface area contributed by atoms with Gasteiger partial charge in [0.2, 0.25) is 0 Å². The van der Waals surface area contributed by atoms with E-state index in [0.717, 1.165) is 4.47 Å². The Morgan fingerprint density at radius 3 is 1.46 bits per heavy atom. The first-order chi connectivity index (χ1) is 13.6. The first-order valence-corrected chi connectivity index (χ1v) is 10.4. The number of rotatable bonds is 4. The maximum Gasteiger partial charge on any atom is 0.0175 e. The summed E-state index contributed by atoms with van der Waals surface area (Å²) in [7, 11) is 0. The molecule has 0 atom stereocenters. The van der Waals surface area contributed by atoms with E-state index in [1.807, 2.05) is 0 Å². The fourth-order valence-corrected chi connectivity index (χ4v) is 4.22. The van der Waals surface area contributed by atoms with Crippen LogP contribution in [0.1, 0.15) is 25.0 Å². The van der Waals surface area contributed by atoms with Crippen molar-refractivity contribution in [1.29, 1.82) is 0 Å². The molecule has 0 fully saturated rings. The van der Waals surface area contributed by atoms with E-state index >= 15 is 0 Å². The monoisotopic (exact) mass is 426 g/mol. The maximum atomic E-state index is 3.57. The Morgan fingerprint density at radius 1 is 0.536 bits per heavy atom. The van der Waals surface area contributed by atoms with E-state index in [-0.39, 0.29) is 5.41 Å². The second-order valence-corrected chi connectivity index (χ2v) is 8.51. The Balaban J connectivity index is 2.01. The summed E-state index contributed by atoms with van der Waals surface area (Å²) in [5.41, 5.74) is 7.58. The van der Waals surface area contributed by atoms with Gasteiger partial charge in [-0.05, 0) is 45.5 Å². The molecule has 0 nitrogen and oxygen atoms in total. The largest absolute Gasteiger partial charge is 0.0622 e. The molecule has 0 saturated carbocycles. The highest BCUT2D eigenvalue weighted by molar-refractivity contribution is 9.10. The molecule has 28 heavy (non-hydrogen) atoms. The van der Waals surface area contributed by atoms with Gasteiger partial charge >= 0.3 is 0 Å². The molecule has 0 spiro atoms. The third-order valence-corrected chi connectivity index (χ3v) is 5.95. The van der Waals surface area contributed by atoms with Crippen molar-refractivity contribution < 1.29 is 0 Å². The van der Waals surface area contributed by atoms with Crippen LogP contribution in [0, 0.1) is 0 Å². The molecule has 138 valence electrons. The van der Waals surface area contributed by atoms with E-state index in [9.17, 15) is 0 Å². The number of benzene rings is 4. The van der Waals surface area contributed by atoms with Crippen LogP contribution in [-0.2, 0) is 5.41 Å². The number of halogens is 1. The molecule has 4 aromatic carbocycles. The lowest BCUT2D eigenvalue weighted by Gasteiger charge is -2.31. The van der Waals surface area contributed by atoms with Crippen molar-refractivity contribution >= 4 is 15.9 Å². The van der Waals surface area contributed by atoms with Gasteiger partial charge in [-0.3, -0.25) is 0 Å². The minimum absolute atomic E-state index is 0.154. The van der Waals surface area contributed by atoms with Crippen LogP contribution in [0.15, 0.2) is 108 Å². The fraction of sp³-hybridized carbons (Fsp3) is 0.111. The van der Waals surface area contributed by atoms with Gasteiger partial charge in [-0.15, -0.1) is 0 Å².